The number of nitrogens with zero attached hydrogens (tertiary/aromatic N) is 1. The van der Waals surface area contributed by atoms with Crippen LogP contribution >= 0.6 is 0 Å². The number of pyridine rings is 1. The average Bonchev–Trinajstić information content (AvgIpc) is 2.86. The number of rotatable bonds is 7. The van der Waals surface area contributed by atoms with Crippen LogP contribution in [0.15, 0.2) is 58.4 Å². The molecule has 3 aromatic rings. The number of aromatic nitrogens is 1. The first-order chi connectivity index (χ1) is 17.1. The number of amidine groups is 1. The van der Waals surface area contributed by atoms with Crippen molar-refractivity contribution in [2.45, 2.75) is 46.7 Å². The molecule has 1 heterocycles. The van der Waals surface area contributed by atoms with Crippen molar-refractivity contribution < 1.29 is 17.9 Å². The number of halogens is 3. The molecule has 0 aliphatic rings. The summed E-state index contributed by atoms with van der Waals surface area (Å²) < 4.78 is 42.2. The smallest absolute Gasteiger partial charge is 0.389 e. The van der Waals surface area contributed by atoms with Gasteiger partial charge in [0.15, 0.2) is 5.84 Å². The third-order valence-corrected chi connectivity index (χ3v) is 5.39. The van der Waals surface area contributed by atoms with Gasteiger partial charge in [0.25, 0.3) is 5.56 Å². The standard InChI is InChI=1S/C24H26F3N5O2.C2H6/c1-14-4-5-17(12-15(14)2)19-13-20(30-23(33)21(19)22(31-28)32-29)16-6-8-18(9-7-16)34-11-3-10-24(25,26)27;1-2/h4-9,12-13H,3,10-11,28-29H2,1-2H3,(H,30,33)(H,31,32);1-2H3. The molecule has 0 aliphatic heterocycles. The summed E-state index contributed by atoms with van der Waals surface area (Å²) in [6.45, 7) is 7.91. The van der Waals surface area contributed by atoms with Gasteiger partial charge in [-0.25, -0.2) is 5.84 Å². The summed E-state index contributed by atoms with van der Waals surface area (Å²) in [6, 6.07) is 14.3. The van der Waals surface area contributed by atoms with E-state index >= 15 is 0 Å². The van der Waals surface area contributed by atoms with E-state index in [-0.39, 0.29) is 24.4 Å². The lowest BCUT2D eigenvalue weighted by atomic mass is 9.95. The number of H-pyrrole nitrogens is 1. The predicted molar refractivity (Wildman–Crippen MR) is 138 cm³/mol. The number of aromatic amines is 1. The molecule has 0 fully saturated rings. The topological polar surface area (TPSA) is 119 Å². The van der Waals surface area contributed by atoms with Crippen LogP contribution in [0.4, 0.5) is 13.2 Å². The van der Waals surface area contributed by atoms with Gasteiger partial charge in [0.1, 0.15) is 5.75 Å². The van der Waals surface area contributed by atoms with Crippen LogP contribution in [0.1, 0.15) is 43.4 Å². The molecular formula is C26H32F3N5O2. The number of hydrogen-bond donors (Lipinski definition) is 4. The fraction of sp³-hybridized carbons (Fsp3) is 0.308. The van der Waals surface area contributed by atoms with Crippen LogP contribution in [0.5, 0.6) is 5.75 Å². The summed E-state index contributed by atoms with van der Waals surface area (Å²) in [5.74, 6) is 11.4. The first kappa shape index (κ1) is 28.4. The molecule has 3 rings (SSSR count). The predicted octanol–water partition coefficient (Wildman–Crippen LogP) is 5.16. The van der Waals surface area contributed by atoms with Gasteiger partial charge < -0.3 is 21.0 Å². The van der Waals surface area contributed by atoms with Gasteiger partial charge in [0.2, 0.25) is 0 Å². The minimum atomic E-state index is -4.20. The molecule has 0 amide bonds. The van der Waals surface area contributed by atoms with Crippen molar-refractivity contribution in [2.75, 3.05) is 6.61 Å². The van der Waals surface area contributed by atoms with E-state index in [1.165, 1.54) is 0 Å². The van der Waals surface area contributed by atoms with Crippen molar-refractivity contribution >= 4 is 5.84 Å². The zero-order valence-corrected chi connectivity index (χ0v) is 20.8. The third-order valence-electron chi connectivity index (χ3n) is 5.39. The Labute approximate surface area is 208 Å². The Morgan fingerprint density at radius 3 is 2.22 bits per heavy atom. The van der Waals surface area contributed by atoms with Crippen LogP contribution in [-0.4, -0.2) is 23.6 Å². The molecule has 0 saturated heterocycles. The third kappa shape index (κ3) is 7.35. The summed E-state index contributed by atoms with van der Waals surface area (Å²) in [4.78, 5) is 15.8. The normalized spacial score (nSPS) is 11.5. The first-order valence-electron chi connectivity index (χ1n) is 11.5. The van der Waals surface area contributed by atoms with E-state index < -0.39 is 18.2 Å². The molecule has 36 heavy (non-hydrogen) atoms. The Kier molecular flexibility index (Phi) is 10.1. The van der Waals surface area contributed by atoms with Crippen LogP contribution in [-0.2, 0) is 0 Å². The summed E-state index contributed by atoms with van der Waals surface area (Å²) in [7, 11) is 0. The van der Waals surface area contributed by atoms with Crippen molar-refractivity contribution in [1.82, 2.24) is 10.4 Å². The second kappa shape index (κ2) is 12.8. The van der Waals surface area contributed by atoms with Gasteiger partial charge in [-0.1, -0.05) is 32.0 Å². The van der Waals surface area contributed by atoms with Gasteiger partial charge in [0.05, 0.1) is 12.2 Å². The molecule has 0 saturated carbocycles. The summed E-state index contributed by atoms with van der Waals surface area (Å²) in [5, 5.41) is 3.60. The lowest BCUT2D eigenvalue weighted by molar-refractivity contribution is -0.136. The second-order valence-corrected chi connectivity index (χ2v) is 7.81. The van der Waals surface area contributed by atoms with Crippen molar-refractivity contribution in [3.05, 3.63) is 75.6 Å². The summed E-state index contributed by atoms with van der Waals surface area (Å²) >= 11 is 0. The molecule has 2 aromatic carbocycles. The van der Waals surface area contributed by atoms with Gasteiger partial charge in [-0.3, -0.25) is 4.79 Å². The maximum atomic E-state index is 13.0. The van der Waals surface area contributed by atoms with Crippen molar-refractivity contribution in [3.8, 4) is 28.1 Å². The number of hydrazine groups is 1. The van der Waals surface area contributed by atoms with Gasteiger partial charge in [-0.05, 0) is 72.9 Å². The quantitative estimate of drug-likeness (QED) is 0.117. The number of ether oxygens (including phenoxy) is 1. The van der Waals surface area contributed by atoms with E-state index in [0.717, 1.165) is 16.7 Å². The monoisotopic (exact) mass is 503 g/mol. The molecule has 1 aromatic heterocycles. The highest BCUT2D eigenvalue weighted by atomic mass is 19.4. The Bertz CT molecular complexity index is 1240. The Morgan fingerprint density at radius 2 is 1.67 bits per heavy atom. The number of alkyl halides is 3. The molecule has 0 spiro atoms. The maximum absolute atomic E-state index is 13.0. The van der Waals surface area contributed by atoms with Crippen LogP contribution in [0, 0.1) is 13.8 Å². The number of benzene rings is 2. The highest BCUT2D eigenvalue weighted by Gasteiger charge is 2.26. The zero-order chi connectivity index (χ0) is 26.9. The van der Waals surface area contributed by atoms with Crippen LogP contribution in [0.25, 0.3) is 22.4 Å². The van der Waals surface area contributed by atoms with Gasteiger partial charge in [0, 0.05) is 17.7 Å². The van der Waals surface area contributed by atoms with E-state index in [1.807, 2.05) is 45.9 Å². The van der Waals surface area contributed by atoms with Gasteiger partial charge in [-0.15, -0.1) is 0 Å². The molecule has 6 N–H and O–H groups in total. The van der Waals surface area contributed by atoms with Crippen LogP contribution in [0.2, 0.25) is 0 Å². The molecule has 194 valence electrons. The minimum Gasteiger partial charge on any atom is -0.494 e. The fourth-order valence-corrected chi connectivity index (χ4v) is 3.45. The van der Waals surface area contributed by atoms with E-state index in [2.05, 4.69) is 15.5 Å². The fourth-order valence-electron chi connectivity index (χ4n) is 3.45. The van der Waals surface area contributed by atoms with E-state index in [4.69, 9.17) is 16.4 Å². The number of nitrogens with one attached hydrogen (secondary N) is 2. The molecule has 0 aliphatic carbocycles. The molecule has 0 unspecified atom stereocenters. The highest BCUT2D eigenvalue weighted by Crippen LogP contribution is 2.29. The highest BCUT2D eigenvalue weighted by molar-refractivity contribution is 6.04. The van der Waals surface area contributed by atoms with E-state index in [1.54, 1.807) is 30.3 Å². The van der Waals surface area contributed by atoms with Crippen LogP contribution < -0.4 is 27.4 Å². The van der Waals surface area contributed by atoms with Crippen molar-refractivity contribution in [1.29, 1.82) is 0 Å². The number of aryl methyl sites for hydroxylation is 2. The summed E-state index contributed by atoms with van der Waals surface area (Å²) in [6.07, 6.45) is -5.22. The molecule has 7 nitrogen and oxygen atoms in total. The Morgan fingerprint density at radius 1 is 1.03 bits per heavy atom. The number of nitrogens with two attached hydrogens (primary N) is 2. The zero-order valence-electron chi connectivity index (χ0n) is 20.8. The van der Waals surface area contributed by atoms with Gasteiger partial charge >= 0.3 is 6.18 Å². The molecule has 0 bridgehead atoms. The molecular weight excluding hydrogens is 471 g/mol. The first-order valence-corrected chi connectivity index (χ1v) is 11.5. The van der Waals surface area contributed by atoms with Crippen molar-refractivity contribution in [2.24, 2.45) is 16.8 Å². The lowest BCUT2D eigenvalue weighted by Crippen LogP contribution is -2.36. The van der Waals surface area contributed by atoms with Crippen LogP contribution in [0.3, 0.4) is 0 Å². The van der Waals surface area contributed by atoms with E-state index in [0.29, 0.717) is 22.6 Å². The minimum absolute atomic E-state index is 0.0311. The SMILES string of the molecule is CC.Cc1ccc(-c2cc(-c3ccc(OCCCC(F)(F)F)cc3)[nH]c(=O)c2/C(=N/N)NN)cc1C. The molecule has 10 heteroatoms. The summed E-state index contributed by atoms with van der Waals surface area (Å²) in [5.41, 5.74) is 6.84. The Hall–Kier alpha value is -3.79. The average molecular weight is 504 g/mol. The second-order valence-electron chi connectivity index (χ2n) is 7.81. The van der Waals surface area contributed by atoms with Gasteiger partial charge in [-0.2, -0.15) is 18.3 Å². The lowest BCUT2D eigenvalue weighted by Gasteiger charge is -2.14. The van der Waals surface area contributed by atoms with Crippen molar-refractivity contribution in [3.63, 3.8) is 0 Å². The number of hydrazone groups is 1. The largest absolute Gasteiger partial charge is 0.494 e. The molecule has 0 radical (unpaired) electrons. The Balaban J connectivity index is 0.00000222. The molecule has 0 atom stereocenters. The van der Waals surface area contributed by atoms with E-state index in [9.17, 15) is 18.0 Å². The number of hydrogen-bond acceptors (Lipinski definition) is 5. The maximum Gasteiger partial charge on any atom is 0.389 e.